The zero-order valence-electron chi connectivity index (χ0n) is 64.5. The summed E-state index contributed by atoms with van der Waals surface area (Å²) in [6.45, 7) is 0.702. The van der Waals surface area contributed by atoms with E-state index in [0.29, 0.717) is 62.4 Å². The zero-order chi connectivity index (χ0) is 80.3. The highest BCUT2D eigenvalue weighted by molar-refractivity contribution is 5.90. The summed E-state index contributed by atoms with van der Waals surface area (Å²) in [5.74, 6) is -1.99. The van der Waals surface area contributed by atoms with Crippen LogP contribution in [0.25, 0.3) is 0 Å². The molecular formula is C90H95FN6O18. The number of hydrogen-bond donors (Lipinski definition) is 3. The second-order valence-corrected chi connectivity index (χ2v) is 29.3. The molecule has 15 rings (SSSR count). The number of hydrogen-bond acceptors (Lipinski definition) is 18. The summed E-state index contributed by atoms with van der Waals surface area (Å²) < 4.78 is 68.1. The molecule has 6 atom stereocenters. The lowest BCUT2D eigenvalue weighted by molar-refractivity contribution is -0.160. The lowest BCUT2D eigenvalue weighted by Crippen LogP contribution is -2.50. The van der Waals surface area contributed by atoms with Crippen molar-refractivity contribution in [3.8, 4) is 34.5 Å². The summed E-state index contributed by atoms with van der Waals surface area (Å²) in [5, 5.41) is 30.7. The van der Waals surface area contributed by atoms with Gasteiger partial charge in [0.1, 0.15) is 43.8 Å². The maximum atomic E-state index is 14.2. The molecule has 0 radical (unpaired) electrons. The van der Waals surface area contributed by atoms with Crippen molar-refractivity contribution < 1.29 is 91.1 Å². The fourth-order valence-corrected chi connectivity index (χ4v) is 15.9. The SMILES string of the molecule is COc1ccc2c(c1OCc1ccccc1F)CC(C(=O)O)N(C(=O)C(OC1CCCC1)c1ccccc1)C2.COc1ccc2c(c1OCc1ccncc1)CC(C(=O)O)N(C(=O)C(OC1CCCC1)c1ccccc1)C2.COc1ccc2c(c1OCc1cnccn1)CC(C(=O)O)N(C(=O)C(OC1CCCC1)c1ccccc1)C2. The standard InChI is InChI=1S/C31H32FNO6.C30H32N2O6.C29H31N3O6/c1-37-27-16-15-21-18-33(30(34)28(20-9-3-2-4-10-20)39-23-12-6-7-13-23)26(31(35)36)17-24(21)29(27)38-19-22-11-5-8-14-25(22)32;1-36-26-12-11-22-18-32(29(33)27(21-7-3-2-4-8-21)38-23-9-5-6-10-23)25(30(34)35)17-24(22)28(26)37-19-20-13-15-31-16-14-20;1-36-25-12-11-20-17-32(28(33)26(19-7-3-2-4-8-19)38-22-9-5-6-10-22)24(29(34)35)15-23(20)27(25)37-18-21-16-30-13-14-31-21/h2-5,8-11,14-16,23,26,28H,6-7,12-13,17-19H2,1H3,(H,35,36);2-4,7-8,11-16,23,25,27H,5-6,9-10,17-19H2,1H3,(H,34,35);2-4,7-8,11-14,16,22,24,26H,5-6,9-10,15,17-18H2,1H3,(H,34,35). The number of carbonyl (C=O) groups is 6. The van der Waals surface area contributed by atoms with Gasteiger partial charge in [0.05, 0.1) is 51.5 Å². The third kappa shape index (κ3) is 19.7. The number of amides is 3. The Hall–Kier alpha value is -11.8. The van der Waals surface area contributed by atoms with Gasteiger partial charge in [0.15, 0.2) is 52.8 Å². The molecule has 115 heavy (non-hydrogen) atoms. The van der Waals surface area contributed by atoms with E-state index in [0.717, 1.165) is 116 Å². The Morgan fingerprint density at radius 2 is 0.757 bits per heavy atom. The quantitative estimate of drug-likeness (QED) is 0.0431. The molecule has 0 saturated heterocycles. The Bertz CT molecular complexity index is 4610. The van der Waals surface area contributed by atoms with E-state index in [2.05, 4.69) is 15.0 Å². The number of pyridine rings is 1. The average Bonchev–Trinajstić information content (AvgIpc) is 1.20. The first kappa shape index (κ1) is 81.2. The molecule has 0 bridgehead atoms. The van der Waals surface area contributed by atoms with Crippen molar-refractivity contribution in [3.05, 3.63) is 267 Å². The van der Waals surface area contributed by atoms with Crippen molar-refractivity contribution in [1.82, 2.24) is 29.7 Å². The van der Waals surface area contributed by atoms with Gasteiger partial charge in [0.25, 0.3) is 17.7 Å². The number of carboxylic acid groups (broad SMARTS) is 3. The van der Waals surface area contributed by atoms with Crippen LogP contribution in [0.3, 0.4) is 0 Å². The number of rotatable bonds is 27. The lowest BCUT2D eigenvalue weighted by Gasteiger charge is -2.37. The number of fused-ring (bicyclic) bond motifs is 3. The summed E-state index contributed by atoms with van der Waals surface area (Å²) in [6.07, 6.45) is 17.4. The van der Waals surface area contributed by atoms with E-state index in [4.69, 9.17) is 42.6 Å². The molecule has 3 fully saturated rings. The first-order chi connectivity index (χ1) is 56.0. The van der Waals surface area contributed by atoms with E-state index in [9.17, 15) is 48.5 Å². The number of aromatic nitrogens is 3. The van der Waals surface area contributed by atoms with Gasteiger partial charge in [-0.15, -0.1) is 0 Å². The highest BCUT2D eigenvalue weighted by Crippen LogP contribution is 2.45. The topological polar surface area (TPSA) is 295 Å². The highest BCUT2D eigenvalue weighted by Gasteiger charge is 2.45. The minimum absolute atomic E-state index is 0.0121. The summed E-state index contributed by atoms with van der Waals surface area (Å²) >= 11 is 0. The van der Waals surface area contributed by atoms with Crippen LogP contribution in [-0.4, -0.2) is 138 Å². The van der Waals surface area contributed by atoms with Gasteiger partial charge in [-0.05, 0) is 114 Å². The molecule has 5 heterocycles. The predicted molar refractivity (Wildman–Crippen MR) is 419 cm³/mol. The summed E-state index contributed by atoms with van der Waals surface area (Å²) in [5.41, 5.74) is 8.54. The monoisotopic (exact) mass is 1570 g/mol. The number of ether oxygens (including phenoxy) is 9. The van der Waals surface area contributed by atoms with Gasteiger partial charge >= 0.3 is 17.9 Å². The smallest absolute Gasteiger partial charge is 0.326 e. The van der Waals surface area contributed by atoms with Crippen molar-refractivity contribution in [1.29, 1.82) is 0 Å². The van der Waals surface area contributed by atoms with Crippen molar-refractivity contribution in [3.63, 3.8) is 0 Å². The normalized spacial score (nSPS) is 18.0. The van der Waals surface area contributed by atoms with Gasteiger partial charge in [-0.2, -0.15) is 0 Å². The van der Waals surface area contributed by atoms with E-state index in [1.54, 1.807) is 74.5 Å². The molecule has 3 aliphatic heterocycles. The Morgan fingerprint density at radius 3 is 1.10 bits per heavy atom. The number of benzene rings is 7. The van der Waals surface area contributed by atoms with E-state index >= 15 is 0 Å². The fourth-order valence-electron chi connectivity index (χ4n) is 15.9. The minimum Gasteiger partial charge on any atom is -0.493 e. The molecule has 3 aliphatic carbocycles. The van der Waals surface area contributed by atoms with Crippen LogP contribution in [0.4, 0.5) is 4.39 Å². The zero-order valence-corrected chi connectivity index (χ0v) is 64.5. The van der Waals surface area contributed by atoms with Crippen LogP contribution in [-0.2, 0) is 102 Å². The van der Waals surface area contributed by atoms with Crippen molar-refractivity contribution in [2.75, 3.05) is 21.3 Å². The third-order valence-corrected chi connectivity index (χ3v) is 22.0. The van der Waals surface area contributed by atoms with E-state index in [1.807, 2.05) is 121 Å². The van der Waals surface area contributed by atoms with Gasteiger partial charge in [0.2, 0.25) is 0 Å². The van der Waals surface area contributed by atoms with Crippen LogP contribution in [0.2, 0.25) is 0 Å². The predicted octanol–water partition coefficient (Wildman–Crippen LogP) is 14.3. The maximum Gasteiger partial charge on any atom is 0.326 e. The number of carboxylic acids is 3. The second-order valence-electron chi connectivity index (χ2n) is 29.3. The molecule has 25 heteroatoms. The molecule has 3 N–H and O–H groups in total. The van der Waals surface area contributed by atoms with E-state index in [1.165, 1.54) is 35.0 Å². The van der Waals surface area contributed by atoms with Crippen LogP contribution in [0.5, 0.6) is 34.5 Å². The van der Waals surface area contributed by atoms with Gasteiger partial charge < -0.3 is 72.7 Å². The number of aliphatic carboxylic acids is 3. The van der Waals surface area contributed by atoms with Crippen LogP contribution in [0, 0.1) is 5.82 Å². The Kier molecular flexibility index (Phi) is 27.4. The maximum absolute atomic E-state index is 14.2. The first-order valence-corrected chi connectivity index (χ1v) is 39.1. The van der Waals surface area contributed by atoms with Gasteiger partial charge in [-0.3, -0.25) is 29.3 Å². The van der Waals surface area contributed by atoms with Crippen LogP contribution in [0.1, 0.15) is 162 Å². The molecule has 9 aromatic rings. The van der Waals surface area contributed by atoms with Crippen LogP contribution in [0.15, 0.2) is 195 Å². The molecule has 0 spiro atoms. The van der Waals surface area contributed by atoms with Gasteiger partial charge in [-0.25, -0.2) is 18.8 Å². The minimum atomic E-state index is -1.13. The van der Waals surface area contributed by atoms with Crippen LogP contribution >= 0.6 is 0 Å². The molecular weight excluding hydrogens is 1470 g/mol. The Balaban J connectivity index is 0.000000150. The molecule has 6 aliphatic rings. The third-order valence-electron chi connectivity index (χ3n) is 22.0. The molecule has 7 aromatic carbocycles. The van der Waals surface area contributed by atoms with Crippen molar-refractivity contribution >= 4 is 35.6 Å². The molecule has 6 unspecified atom stereocenters. The van der Waals surface area contributed by atoms with Gasteiger partial charge in [0, 0.05) is 85.9 Å². The molecule has 600 valence electrons. The summed E-state index contributed by atoms with van der Waals surface area (Å²) in [7, 11) is 4.59. The second kappa shape index (κ2) is 38.8. The Morgan fingerprint density at radius 1 is 0.409 bits per heavy atom. The van der Waals surface area contributed by atoms with Gasteiger partial charge in [-0.1, -0.05) is 166 Å². The highest BCUT2D eigenvalue weighted by atomic mass is 19.1. The van der Waals surface area contributed by atoms with Crippen LogP contribution < -0.4 is 28.4 Å². The number of halogens is 1. The number of nitrogens with zero attached hydrogens (tertiary/aromatic N) is 6. The van der Waals surface area contributed by atoms with Crippen molar-refractivity contribution in [2.45, 2.75) is 191 Å². The lowest BCUT2D eigenvalue weighted by atomic mass is 9.91. The summed E-state index contributed by atoms with van der Waals surface area (Å²) in [4.78, 5) is 96.1. The first-order valence-electron chi connectivity index (χ1n) is 39.1. The molecule has 2 aromatic heterocycles. The molecule has 24 nitrogen and oxygen atoms in total. The Labute approximate surface area is 667 Å². The molecule has 3 amide bonds. The van der Waals surface area contributed by atoms with E-state index < -0.39 is 60.2 Å². The molecule has 3 saturated carbocycles. The van der Waals surface area contributed by atoms with E-state index in [-0.39, 0.29) is 94.8 Å². The largest absolute Gasteiger partial charge is 0.493 e. The number of methoxy groups -OCH3 is 3. The average molecular weight is 1570 g/mol. The number of carbonyl (C=O) groups excluding carboxylic acids is 3. The van der Waals surface area contributed by atoms with Crippen molar-refractivity contribution in [2.24, 2.45) is 0 Å². The summed E-state index contributed by atoms with van der Waals surface area (Å²) in [6, 6.07) is 45.5. The fraction of sp³-hybridized carbons (Fsp3) is 0.367.